The summed E-state index contributed by atoms with van der Waals surface area (Å²) in [5.74, 6) is 1.49. The van der Waals surface area contributed by atoms with Gasteiger partial charge in [-0.15, -0.1) is 11.3 Å². The summed E-state index contributed by atoms with van der Waals surface area (Å²) in [7, 11) is 0. The van der Waals surface area contributed by atoms with Gasteiger partial charge in [-0.2, -0.15) is 0 Å². The van der Waals surface area contributed by atoms with Crippen LogP contribution in [0.25, 0.3) is 0 Å². The molecule has 0 saturated heterocycles. The van der Waals surface area contributed by atoms with Gasteiger partial charge in [-0.1, -0.05) is 27.7 Å². The van der Waals surface area contributed by atoms with Gasteiger partial charge in [0.05, 0.1) is 5.69 Å². The van der Waals surface area contributed by atoms with Gasteiger partial charge in [-0.3, -0.25) is 4.90 Å². The van der Waals surface area contributed by atoms with E-state index < -0.39 is 0 Å². The molecular weight excluding hydrogens is 278 g/mol. The summed E-state index contributed by atoms with van der Waals surface area (Å²) >= 11 is 1.80. The highest BCUT2D eigenvalue weighted by Crippen LogP contribution is 2.29. The first-order valence-corrected chi connectivity index (χ1v) is 9.30. The molecule has 1 saturated carbocycles. The molecule has 1 aromatic rings. The number of aromatic nitrogens is 1. The molecule has 1 heterocycles. The number of hydrogen-bond acceptors (Lipinski definition) is 4. The lowest BCUT2D eigenvalue weighted by Crippen LogP contribution is -2.27. The van der Waals surface area contributed by atoms with Gasteiger partial charge in [0.25, 0.3) is 0 Å². The van der Waals surface area contributed by atoms with Gasteiger partial charge >= 0.3 is 0 Å². The second-order valence-electron chi connectivity index (χ2n) is 7.14. The molecule has 2 rings (SSSR count). The Kier molecular flexibility index (Phi) is 6.65. The average molecular weight is 310 g/mol. The zero-order chi connectivity index (χ0) is 15.2. The molecule has 1 aliphatic rings. The summed E-state index contributed by atoms with van der Waals surface area (Å²) in [6, 6.07) is 0.827. The third-order valence-electron chi connectivity index (χ3n) is 3.85. The SMILES string of the molecule is CC(C)CCN(Cc1csc(CNCC(C)C)n1)C1CC1. The molecule has 1 N–H and O–H groups in total. The van der Waals surface area contributed by atoms with Crippen LogP contribution < -0.4 is 5.32 Å². The minimum absolute atomic E-state index is 0.700. The van der Waals surface area contributed by atoms with Crippen molar-refractivity contribution in [1.29, 1.82) is 0 Å². The molecule has 3 nitrogen and oxygen atoms in total. The van der Waals surface area contributed by atoms with Crippen LogP contribution in [0.1, 0.15) is 57.7 Å². The number of nitrogens with one attached hydrogen (secondary N) is 1. The van der Waals surface area contributed by atoms with Crippen molar-refractivity contribution in [3.05, 3.63) is 16.1 Å². The van der Waals surface area contributed by atoms with Crippen LogP contribution in [0.2, 0.25) is 0 Å². The van der Waals surface area contributed by atoms with Crippen LogP contribution in [-0.4, -0.2) is 29.0 Å². The molecule has 1 aromatic heterocycles. The van der Waals surface area contributed by atoms with Crippen molar-refractivity contribution in [3.8, 4) is 0 Å². The van der Waals surface area contributed by atoms with E-state index in [0.29, 0.717) is 5.92 Å². The lowest BCUT2D eigenvalue weighted by molar-refractivity contribution is 0.237. The Bertz CT molecular complexity index is 410. The number of thiazole rings is 1. The number of rotatable bonds is 10. The van der Waals surface area contributed by atoms with Crippen LogP contribution in [0.3, 0.4) is 0 Å². The Balaban J connectivity index is 1.79. The molecule has 0 unspecified atom stereocenters. The Hall–Kier alpha value is -0.450. The van der Waals surface area contributed by atoms with Crippen molar-refractivity contribution in [1.82, 2.24) is 15.2 Å². The molecule has 0 aromatic carbocycles. The maximum atomic E-state index is 4.80. The van der Waals surface area contributed by atoms with E-state index in [1.165, 1.54) is 36.5 Å². The second-order valence-corrected chi connectivity index (χ2v) is 8.08. The van der Waals surface area contributed by atoms with E-state index in [1.807, 2.05) is 0 Å². The molecule has 0 aliphatic heterocycles. The summed E-state index contributed by atoms with van der Waals surface area (Å²) in [6.45, 7) is 13.3. The van der Waals surface area contributed by atoms with E-state index in [9.17, 15) is 0 Å². The predicted molar refractivity (Wildman–Crippen MR) is 91.5 cm³/mol. The first-order chi connectivity index (χ1) is 10.0. The molecule has 1 fully saturated rings. The Morgan fingerprint density at radius 1 is 1.29 bits per heavy atom. The lowest BCUT2D eigenvalue weighted by Gasteiger charge is -2.21. The monoisotopic (exact) mass is 309 g/mol. The molecule has 0 radical (unpaired) electrons. The van der Waals surface area contributed by atoms with E-state index >= 15 is 0 Å². The van der Waals surface area contributed by atoms with Crippen LogP contribution in [0.5, 0.6) is 0 Å². The van der Waals surface area contributed by atoms with E-state index in [4.69, 9.17) is 4.98 Å². The molecule has 120 valence electrons. The molecule has 4 heteroatoms. The van der Waals surface area contributed by atoms with Gasteiger partial charge in [0, 0.05) is 24.5 Å². The highest BCUT2D eigenvalue weighted by Gasteiger charge is 2.29. The van der Waals surface area contributed by atoms with Crippen LogP contribution in [0, 0.1) is 11.8 Å². The summed E-state index contributed by atoms with van der Waals surface area (Å²) in [4.78, 5) is 7.44. The zero-order valence-electron chi connectivity index (χ0n) is 14.1. The number of hydrogen-bond donors (Lipinski definition) is 1. The predicted octanol–water partition coefficient (Wildman–Crippen LogP) is 3.90. The quantitative estimate of drug-likeness (QED) is 0.710. The molecule has 0 spiro atoms. The standard InChI is InChI=1S/C17H31N3S/c1-13(2)7-8-20(16-5-6-16)11-15-12-21-17(19-15)10-18-9-14(3)4/h12-14,16,18H,5-11H2,1-4H3. The van der Waals surface area contributed by atoms with Crippen molar-refractivity contribution in [2.24, 2.45) is 11.8 Å². The minimum atomic E-state index is 0.700. The van der Waals surface area contributed by atoms with Gasteiger partial charge in [0.2, 0.25) is 0 Å². The van der Waals surface area contributed by atoms with Gasteiger partial charge in [-0.25, -0.2) is 4.98 Å². The van der Waals surface area contributed by atoms with E-state index in [1.54, 1.807) is 11.3 Å². The van der Waals surface area contributed by atoms with Gasteiger partial charge in [0.1, 0.15) is 5.01 Å². The van der Waals surface area contributed by atoms with Gasteiger partial charge < -0.3 is 5.32 Å². The first kappa shape index (κ1) is 16.9. The van der Waals surface area contributed by atoms with Crippen molar-refractivity contribution in [2.45, 2.75) is 66.1 Å². The van der Waals surface area contributed by atoms with Crippen LogP contribution >= 0.6 is 11.3 Å². The zero-order valence-corrected chi connectivity index (χ0v) is 14.9. The fourth-order valence-electron chi connectivity index (χ4n) is 2.43. The minimum Gasteiger partial charge on any atom is -0.310 e. The smallest absolute Gasteiger partial charge is 0.107 e. The van der Waals surface area contributed by atoms with Crippen molar-refractivity contribution < 1.29 is 0 Å². The molecular formula is C17H31N3S. The highest BCUT2D eigenvalue weighted by atomic mass is 32.1. The molecule has 0 atom stereocenters. The Morgan fingerprint density at radius 3 is 2.67 bits per heavy atom. The third-order valence-corrected chi connectivity index (χ3v) is 4.75. The van der Waals surface area contributed by atoms with Crippen LogP contribution in [-0.2, 0) is 13.1 Å². The first-order valence-electron chi connectivity index (χ1n) is 8.42. The summed E-state index contributed by atoms with van der Waals surface area (Å²) in [5.41, 5.74) is 1.26. The maximum absolute atomic E-state index is 4.80. The molecule has 0 amide bonds. The third kappa shape index (κ3) is 6.45. The summed E-state index contributed by atoms with van der Waals surface area (Å²) in [6.07, 6.45) is 4.06. The maximum Gasteiger partial charge on any atom is 0.107 e. The number of nitrogens with zero attached hydrogens (tertiary/aromatic N) is 2. The summed E-state index contributed by atoms with van der Waals surface area (Å²) in [5, 5.41) is 6.95. The normalized spacial score (nSPS) is 15.6. The largest absolute Gasteiger partial charge is 0.310 e. The average Bonchev–Trinajstić information content (AvgIpc) is 3.16. The van der Waals surface area contributed by atoms with Crippen molar-refractivity contribution in [3.63, 3.8) is 0 Å². The summed E-state index contributed by atoms with van der Waals surface area (Å²) < 4.78 is 0. The van der Waals surface area contributed by atoms with Crippen molar-refractivity contribution >= 4 is 11.3 Å². The highest BCUT2D eigenvalue weighted by molar-refractivity contribution is 7.09. The van der Waals surface area contributed by atoms with Gasteiger partial charge in [0.15, 0.2) is 0 Å². The van der Waals surface area contributed by atoms with Crippen LogP contribution in [0.15, 0.2) is 5.38 Å². The topological polar surface area (TPSA) is 28.2 Å². The lowest BCUT2D eigenvalue weighted by atomic mass is 10.1. The fourth-order valence-corrected chi connectivity index (χ4v) is 3.19. The molecule has 0 bridgehead atoms. The van der Waals surface area contributed by atoms with Crippen LogP contribution in [0.4, 0.5) is 0 Å². The fraction of sp³-hybridized carbons (Fsp3) is 0.824. The molecule has 21 heavy (non-hydrogen) atoms. The van der Waals surface area contributed by atoms with E-state index in [-0.39, 0.29) is 0 Å². The van der Waals surface area contributed by atoms with E-state index in [0.717, 1.165) is 31.6 Å². The molecule has 1 aliphatic carbocycles. The van der Waals surface area contributed by atoms with Gasteiger partial charge in [-0.05, 0) is 44.2 Å². The van der Waals surface area contributed by atoms with Crippen molar-refractivity contribution in [2.75, 3.05) is 13.1 Å². The van der Waals surface area contributed by atoms with E-state index in [2.05, 4.69) is 43.3 Å². The second kappa shape index (κ2) is 8.25. The Labute approximate surface area is 134 Å². The Morgan fingerprint density at radius 2 is 2.05 bits per heavy atom.